The number of rotatable bonds is 5. The molecule has 29 heavy (non-hydrogen) atoms. The zero-order valence-electron chi connectivity index (χ0n) is 17.4. The highest BCUT2D eigenvalue weighted by Crippen LogP contribution is 2.24. The van der Waals surface area contributed by atoms with Crippen molar-refractivity contribution in [2.75, 3.05) is 32.8 Å². The number of fused-ring (bicyclic) bond motifs is 1. The van der Waals surface area contributed by atoms with E-state index in [2.05, 4.69) is 29.0 Å². The Labute approximate surface area is 172 Å². The van der Waals surface area contributed by atoms with E-state index < -0.39 is 5.60 Å². The van der Waals surface area contributed by atoms with Crippen LogP contribution in [0.4, 0.5) is 0 Å². The predicted molar refractivity (Wildman–Crippen MR) is 111 cm³/mol. The van der Waals surface area contributed by atoms with E-state index in [1.807, 2.05) is 28.8 Å². The van der Waals surface area contributed by atoms with E-state index in [-0.39, 0.29) is 17.9 Å². The normalized spacial score (nSPS) is 21.0. The van der Waals surface area contributed by atoms with Gasteiger partial charge < -0.3 is 24.5 Å². The molecule has 0 atom stereocenters. The Kier molecular flexibility index (Phi) is 5.90. The first-order valence-electron chi connectivity index (χ1n) is 10.8. The van der Waals surface area contributed by atoms with Crippen molar-refractivity contribution in [3.63, 3.8) is 0 Å². The molecule has 4 rings (SSSR count). The van der Waals surface area contributed by atoms with Crippen LogP contribution in [0.15, 0.2) is 24.4 Å². The molecule has 0 radical (unpaired) electrons. The molecule has 7 heteroatoms. The molecule has 0 bridgehead atoms. The molecule has 2 N–H and O–H groups in total. The number of ether oxygens (including phenoxy) is 1. The fraction of sp³-hybridized carbons (Fsp3) is 0.636. The number of nitrogens with one attached hydrogen (secondary N) is 1. The van der Waals surface area contributed by atoms with Crippen LogP contribution in [0.1, 0.15) is 61.8 Å². The minimum Gasteiger partial charge on any atom is -0.388 e. The summed E-state index contributed by atoms with van der Waals surface area (Å²) in [6.07, 6.45) is 5.15. The van der Waals surface area contributed by atoms with Gasteiger partial charge in [0.1, 0.15) is 5.82 Å². The number of β-amino-alcohol motifs (C(OH)–C–C–N with tert-alkyl or cyclic N) is 1. The molecule has 1 amide bonds. The first kappa shape index (κ1) is 20.3. The highest BCUT2D eigenvalue weighted by atomic mass is 16.5. The number of carbonyl (C=O) groups is 1. The molecule has 2 saturated heterocycles. The van der Waals surface area contributed by atoms with Gasteiger partial charge in [0.25, 0.3) is 5.91 Å². The van der Waals surface area contributed by atoms with E-state index in [0.29, 0.717) is 38.3 Å². The van der Waals surface area contributed by atoms with Gasteiger partial charge in [0, 0.05) is 63.8 Å². The average molecular weight is 401 g/mol. The molecule has 7 nitrogen and oxygen atoms in total. The van der Waals surface area contributed by atoms with Gasteiger partial charge in [-0.3, -0.25) is 4.79 Å². The van der Waals surface area contributed by atoms with Crippen LogP contribution in [0.25, 0.3) is 5.52 Å². The van der Waals surface area contributed by atoms with Gasteiger partial charge in [-0.2, -0.15) is 0 Å². The van der Waals surface area contributed by atoms with Crippen LogP contribution in [-0.4, -0.2) is 69.8 Å². The van der Waals surface area contributed by atoms with Crippen LogP contribution in [0, 0.1) is 0 Å². The molecule has 0 spiro atoms. The van der Waals surface area contributed by atoms with Crippen molar-refractivity contribution in [3.8, 4) is 0 Å². The van der Waals surface area contributed by atoms with Crippen molar-refractivity contribution < 1.29 is 14.6 Å². The number of nitrogens with zero attached hydrogens (tertiary/aromatic N) is 3. The largest absolute Gasteiger partial charge is 0.388 e. The molecule has 0 saturated carbocycles. The number of amides is 1. The van der Waals surface area contributed by atoms with Gasteiger partial charge in [-0.25, -0.2) is 4.98 Å². The Bertz CT molecular complexity index is 849. The fourth-order valence-electron chi connectivity index (χ4n) is 4.45. The number of imidazole rings is 1. The maximum atomic E-state index is 13.0. The lowest BCUT2D eigenvalue weighted by Crippen LogP contribution is -2.51. The van der Waals surface area contributed by atoms with Crippen LogP contribution in [0.2, 0.25) is 0 Å². The van der Waals surface area contributed by atoms with E-state index in [9.17, 15) is 9.90 Å². The molecule has 2 aromatic heterocycles. The van der Waals surface area contributed by atoms with Crippen molar-refractivity contribution in [1.82, 2.24) is 19.6 Å². The third-order valence-electron chi connectivity index (χ3n) is 6.17. The average Bonchev–Trinajstić information content (AvgIpc) is 3.10. The number of carbonyl (C=O) groups excluding carboxylic acids is 1. The van der Waals surface area contributed by atoms with Crippen LogP contribution < -0.4 is 5.32 Å². The zero-order chi connectivity index (χ0) is 20.4. The monoisotopic (exact) mass is 400 g/mol. The summed E-state index contributed by atoms with van der Waals surface area (Å²) in [7, 11) is 0. The standard InChI is InChI=1S/C22H32N4O3/c1-16(2)20-24-19(18-5-3-4-10-26(18)20)21(27)23-17-6-11-25(12-7-17)15-22(28)8-13-29-14-9-22/h3-5,10,16-17,28H,6-9,11-15H2,1-2H3,(H,23,27). The van der Waals surface area contributed by atoms with E-state index in [1.54, 1.807) is 0 Å². The summed E-state index contributed by atoms with van der Waals surface area (Å²) in [6.45, 7) is 7.92. The van der Waals surface area contributed by atoms with Crippen molar-refractivity contribution in [2.24, 2.45) is 0 Å². The van der Waals surface area contributed by atoms with Crippen LogP contribution >= 0.6 is 0 Å². The Balaban J connectivity index is 1.36. The van der Waals surface area contributed by atoms with Gasteiger partial charge in [-0.1, -0.05) is 19.9 Å². The number of aliphatic hydroxyl groups is 1. The third kappa shape index (κ3) is 4.47. The summed E-state index contributed by atoms with van der Waals surface area (Å²) in [4.78, 5) is 19.9. The second kappa shape index (κ2) is 8.42. The quantitative estimate of drug-likeness (QED) is 0.804. The minimum absolute atomic E-state index is 0.0953. The maximum Gasteiger partial charge on any atom is 0.272 e. The second-order valence-corrected chi connectivity index (χ2v) is 8.79. The zero-order valence-corrected chi connectivity index (χ0v) is 17.4. The molecule has 0 aromatic carbocycles. The van der Waals surface area contributed by atoms with Crippen molar-refractivity contribution in [3.05, 3.63) is 35.9 Å². The molecule has 0 unspecified atom stereocenters. The van der Waals surface area contributed by atoms with Crippen molar-refractivity contribution in [1.29, 1.82) is 0 Å². The van der Waals surface area contributed by atoms with Gasteiger partial charge >= 0.3 is 0 Å². The number of aromatic nitrogens is 2. The molecule has 2 aliphatic rings. The Morgan fingerprint density at radius 2 is 2.03 bits per heavy atom. The van der Waals surface area contributed by atoms with Gasteiger partial charge in [0.05, 0.1) is 11.1 Å². The number of likely N-dealkylation sites (tertiary alicyclic amines) is 1. The van der Waals surface area contributed by atoms with Gasteiger partial charge in [0.2, 0.25) is 0 Å². The minimum atomic E-state index is -0.628. The number of hydrogen-bond donors (Lipinski definition) is 2. The molecule has 2 aromatic rings. The maximum absolute atomic E-state index is 13.0. The highest BCUT2D eigenvalue weighted by molar-refractivity contribution is 5.99. The molecule has 4 heterocycles. The summed E-state index contributed by atoms with van der Waals surface area (Å²) in [5.41, 5.74) is 0.734. The second-order valence-electron chi connectivity index (χ2n) is 8.79. The lowest BCUT2D eigenvalue weighted by molar-refractivity contribution is -0.0822. The van der Waals surface area contributed by atoms with Gasteiger partial charge in [0.15, 0.2) is 5.69 Å². The van der Waals surface area contributed by atoms with Gasteiger partial charge in [-0.05, 0) is 25.0 Å². The topological polar surface area (TPSA) is 79.1 Å². The molecule has 0 aliphatic carbocycles. The van der Waals surface area contributed by atoms with Crippen LogP contribution in [0.5, 0.6) is 0 Å². The molecule has 158 valence electrons. The Hall–Kier alpha value is -1.96. The number of pyridine rings is 1. The summed E-state index contributed by atoms with van der Waals surface area (Å²) < 4.78 is 7.38. The first-order valence-corrected chi connectivity index (χ1v) is 10.8. The van der Waals surface area contributed by atoms with Crippen LogP contribution in [-0.2, 0) is 4.74 Å². The summed E-state index contributed by atoms with van der Waals surface area (Å²) in [5.74, 6) is 1.05. The third-order valence-corrected chi connectivity index (χ3v) is 6.17. The molecular weight excluding hydrogens is 368 g/mol. The lowest BCUT2D eigenvalue weighted by atomic mass is 9.92. The summed E-state index contributed by atoms with van der Waals surface area (Å²) in [5, 5.41) is 13.9. The Morgan fingerprint density at radius 3 is 2.72 bits per heavy atom. The predicted octanol–water partition coefficient (Wildman–Crippen LogP) is 2.19. The van der Waals surface area contributed by atoms with Crippen LogP contribution in [0.3, 0.4) is 0 Å². The Morgan fingerprint density at radius 1 is 1.31 bits per heavy atom. The van der Waals surface area contributed by atoms with E-state index in [0.717, 1.165) is 37.3 Å². The number of hydrogen-bond acceptors (Lipinski definition) is 5. The van der Waals surface area contributed by atoms with Crippen molar-refractivity contribution in [2.45, 2.75) is 57.1 Å². The first-order chi connectivity index (χ1) is 14.0. The lowest BCUT2D eigenvalue weighted by Gasteiger charge is -2.39. The molecule has 2 fully saturated rings. The van der Waals surface area contributed by atoms with E-state index in [4.69, 9.17) is 4.74 Å². The van der Waals surface area contributed by atoms with E-state index >= 15 is 0 Å². The summed E-state index contributed by atoms with van der Waals surface area (Å²) >= 11 is 0. The number of piperidine rings is 1. The van der Waals surface area contributed by atoms with E-state index in [1.165, 1.54) is 0 Å². The molecule has 2 aliphatic heterocycles. The smallest absolute Gasteiger partial charge is 0.272 e. The highest BCUT2D eigenvalue weighted by Gasteiger charge is 2.33. The van der Waals surface area contributed by atoms with Gasteiger partial charge in [-0.15, -0.1) is 0 Å². The van der Waals surface area contributed by atoms with Crippen molar-refractivity contribution >= 4 is 11.4 Å². The fourth-order valence-corrected chi connectivity index (χ4v) is 4.45. The SMILES string of the molecule is CC(C)c1nc(C(=O)NC2CCN(CC3(O)CCOCC3)CC2)c2ccccn12. The molecular formula is C22H32N4O3. The summed E-state index contributed by atoms with van der Waals surface area (Å²) in [6, 6.07) is 6.00.